The molecule has 0 saturated carbocycles. The van der Waals surface area contributed by atoms with Gasteiger partial charge in [-0.25, -0.2) is 9.97 Å². The summed E-state index contributed by atoms with van der Waals surface area (Å²) in [5.74, 6) is 1.57. The number of halogens is 1. The zero-order valence-corrected chi connectivity index (χ0v) is 18.2. The minimum atomic E-state index is 0.675. The number of nitrogens with one attached hydrogen (secondary N) is 1. The highest BCUT2D eigenvalue weighted by Crippen LogP contribution is 2.34. The van der Waals surface area contributed by atoms with Crippen molar-refractivity contribution < 1.29 is 4.74 Å². The normalized spacial score (nSPS) is 14.5. The number of aryl methyl sites for hydroxylation is 1. The molecule has 32 heavy (non-hydrogen) atoms. The molecular formula is C23H20ClN7O. The third-order valence-electron chi connectivity index (χ3n) is 5.85. The SMILES string of the molecule is Cc1nc2c(-c3ncn[nH]3)cc(N3CCOCC3)cc2n1-c1cnc2cc(Cl)ccc2c1. The van der Waals surface area contributed by atoms with Crippen LogP contribution in [-0.4, -0.2) is 56.0 Å². The minimum Gasteiger partial charge on any atom is -0.378 e. The molecule has 0 spiro atoms. The van der Waals surface area contributed by atoms with Crippen LogP contribution in [-0.2, 0) is 4.74 Å². The summed E-state index contributed by atoms with van der Waals surface area (Å²) in [6.07, 6.45) is 3.38. The van der Waals surface area contributed by atoms with Crippen LogP contribution in [0.1, 0.15) is 5.82 Å². The summed E-state index contributed by atoms with van der Waals surface area (Å²) in [4.78, 5) is 16.3. The van der Waals surface area contributed by atoms with Gasteiger partial charge in [0.15, 0.2) is 5.82 Å². The molecule has 9 heteroatoms. The molecule has 1 saturated heterocycles. The number of ether oxygens (including phenoxy) is 1. The Morgan fingerprint density at radius 2 is 1.91 bits per heavy atom. The predicted octanol–water partition coefficient (Wildman–Crippen LogP) is 4.16. The molecule has 0 bridgehead atoms. The van der Waals surface area contributed by atoms with Crippen LogP contribution in [0.4, 0.5) is 5.69 Å². The lowest BCUT2D eigenvalue weighted by Crippen LogP contribution is -2.36. The molecule has 1 fully saturated rings. The molecule has 160 valence electrons. The highest BCUT2D eigenvalue weighted by atomic mass is 35.5. The van der Waals surface area contributed by atoms with Gasteiger partial charge in [-0.05, 0) is 37.3 Å². The Bertz CT molecular complexity index is 1440. The van der Waals surface area contributed by atoms with Gasteiger partial charge in [0.05, 0.1) is 36.1 Å². The summed E-state index contributed by atoms with van der Waals surface area (Å²) in [5.41, 5.74) is 5.69. The number of morpholine rings is 1. The number of rotatable bonds is 3. The number of aromatic amines is 1. The van der Waals surface area contributed by atoms with Gasteiger partial charge in [0.1, 0.15) is 17.7 Å². The molecule has 0 radical (unpaired) electrons. The maximum atomic E-state index is 6.14. The van der Waals surface area contributed by atoms with E-state index in [1.54, 1.807) is 0 Å². The van der Waals surface area contributed by atoms with Gasteiger partial charge in [-0.15, -0.1) is 0 Å². The Morgan fingerprint density at radius 3 is 2.72 bits per heavy atom. The highest BCUT2D eigenvalue weighted by Gasteiger charge is 2.20. The van der Waals surface area contributed by atoms with Crippen LogP contribution in [0.3, 0.4) is 0 Å². The molecule has 2 aromatic carbocycles. The summed E-state index contributed by atoms with van der Waals surface area (Å²) >= 11 is 6.14. The highest BCUT2D eigenvalue weighted by molar-refractivity contribution is 6.31. The van der Waals surface area contributed by atoms with E-state index in [2.05, 4.69) is 47.8 Å². The average molecular weight is 446 g/mol. The second-order valence-corrected chi connectivity index (χ2v) is 8.26. The fourth-order valence-corrected chi connectivity index (χ4v) is 4.50. The number of hydrogen-bond donors (Lipinski definition) is 1. The van der Waals surface area contributed by atoms with Crippen LogP contribution >= 0.6 is 11.6 Å². The van der Waals surface area contributed by atoms with E-state index < -0.39 is 0 Å². The molecule has 4 heterocycles. The first-order valence-electron chi connectivity index (χ1n) is 10.4. The van der Waals surface area contributed by atoms with Crippen LogP contribution in [0.5, 0.6) is 0 Å². The Hall–Kier alpha value is -3.49. The zero-order chi connectivity index (χ0) is 21.7. The molecule has 0 aliphatic carbocycles. The molecule has 1 aliphatic rings. The Balaban J connectivity index is 1.59. The van der Waals surface area contributed by atoms with E-state index in [9.17, 15) is 0 Å². The average Bonchev–Trinajstić information content (AvgIpc) is 3.46. The number of anilines is 1. The smallest absolute Gasteiger partial charge is 0.157 e. The van der Waals surface area contributed by atoms with Gasteiger partial charge in [-0.2, -0.15) is 5.10 Å². The molecule has 0 amide bonds. The topological polar surface area (TPSA) is 84.8 Å². The number of fused-ring (bicyclic) bond motifs is 2. The molecule has 1 N–H and O–H groups in total. The lowest BCUT2D eigenvalue weighted by molar-refractivity contribution is 0.122. The number of H-pyrrole nitrogens is 1. The lowest BCUT2D eigenvalue weighted by Gasteiger charge is -2.29. The van der Waals surface area contributed by atoms with Gasteiger partial charge >= 0.3 is 0 Å². The van der Waals surface area contributed by atoms with Crippen molar-refractivity contribution in [1.29, 1.82) is 0 Å². The van der Waals surface area contributed by atoms with Crippen molar-refractivity contribution in [3.8, 4) is 17.1 Å². The van der Waals surface area contributed by atoms with E-state index >= 15 is 0 Å². The summed E-state index contributed by atoms with van der Waals surface area (Å²) in [6.45, 7) is 5.11. The van der Waals surface area contributed by atoms with Crippen molar-refractivity contribution in [2.45, 2.75) is 6.92 Å². The molecular weight excluding hydrogens is 426 g/mol. The van der Waals surface area contributed by atoms with Crippen molar-refractivity contribution in [2.75, 3.05) is 31.2 Å². The van der Waals surface area contributed by atoms with Crippen molar-refractivity contribution in [3.05, 3.63) is 59.8 Å². The van der Waals surface area contributed by atoms with Gasteiger partial charge in [0, 0.05) is 34.7 Å². The maximum absolute atomic E-state index is 6.14. The van der Waals surface area contributed by atoms with Gasteiger partial charge in [-0.3, -0.25) is 14.6 Å². The fraction of sp³-hybridized carbons (Fsp3) is 0.217. The van der Waals surface area contributed by atoms with E-state index in [1.807, 2.05) is 31.3 Å². The van der Waals surface area contributed by atoms with Crippen molar-refractivity contribution in [3.63, 3.8) is 0 Å². The standard InChI is InChI=1S/C23H20ClN7O/c1-14-28-22-19(23-26-13-27-29-23)10-17(30-4-6-32-7-5-30)11-21(22)31(14)18-8-15-2-3-16(24)9-20(15)25-12-18/h2-3,8-13H,4-7H2,1H3,(H,26,27,29). The number of aromatic nitrogens is 6. The Kier molecular flexibility index (Phi) is 4.55. The quantitative estimate of drug-likeness (QED) is 0.449. The van der Waals surface area contributed by atoms with E-state index in [0.29, 0.717) is 24.1 Å². The molecule has 8 nitrogen and oxygen atoms in total. The van der Waals surface area contributed by atoms with Gasteiger partial charge < -0.3 is 9.64 Å². The van der Waals surface area contributed by atoms with Crippen LogP contribution in [0, 0.1) is 6.92 Å². The second kappa shape index (κ2) is 7.58. The largest absolute Gasteiger partial charge is 0.378 e. The number of nitrogens with zero attached hydrogens (tertiary/aromatic N) is 6. The third-order valence-corrected chi connectivity index (χ3v) is 6.08. The third kappa shape index (κ3) is 3.19. The van der Waals surface area contributed by atoms with Crippen LogP contribution in [0.15, 0.2) is 48.9 Å². The van der Waals surface area contributed by atoms with E-state index in [-0.39, 0.29) is 0 Å². The number of pyridine rings is 1. The summed E-state index contributed by atoms with van der Waals surface area (Å²) in [6, 6.07) is 12.2. The van der Waals surface area contributed by atoms with E-state index in [1.165, 1.54) is 6.33 Å². The lowest BCUT2D eigenvalue weighted by atomic mass is 10.1. The monoisotopic (exact) mass is 445 g/mol. The van der Waals surface area contributed by atoms with Gasteiger partial charge in [-0.1, -0.05) is 17.7 Å². The molecule has 0 atom stereocenters. The first-order chi connectivity index (χ1) is 15.7. The fourth-order valence-electron chi connectivity index (χ4n) is 4.33. The zero-order valence-electron chi connectivity index (χ0n) is 17.4. The first-order valence-corrected chi connectivity index (χ1v) is 10.8. The number of benzene rings is 2. The van der Waals surface area contributed by atoms with Crippen molar-refractivity contribution >= 4 is 39.2 Å². The predicted molar refractivity (Wildman–Crippen MR) is 125 cm³/mol. The second-order valence-electron chi connectivity index (χ2n) is 7.82. The molecule has 1 aliphatic heterocycles. The Labute approximate surface area is 188 Å². The molecule has 5 aromatic rings. The first kappa shape index (κ1) is 19.2. The number of imidazole rings is 1. The van der Waals surface area contributed by atoms with Crippen LogP contribution in [0.2, 0.25) is 5.02 Å². The summed E-state index contributed by atoms with van der Waals surface area (Å²) in [5, 5.41) is 8.74. The van der Waals surface area contributed by atoms with E-state index in [4.69, 9.17) is 21.3 Å². The summed E-state index contributed by atoms with van der Waals surface area (Å²) in [7, 11) is 0. The van der Waals surface area contributed by atoms with Gasteiger partial charge in [0.25, 0.3) is 0 Å². The maximum Gasteiger partial charge on any atom is 0.157 e. The van der Waals surface area contributed by atoms with E-state index in [0.717, 1.165) is 57.8 Å². The Morgan fingerprint density at radius 1 is 1.03 bits per heavy atom. The molecule has 6 rings (SSSR count). The van der Waals surface area contributed by atoms with Crippen molar-refractivity contribution in [2.24, 2.45) is 0 Å². The van der Waals surface area contributed by atoms with Crippen LogP contribution in [0.25, 0.3) is 39.0 Å². The van der Waals surface area contributed by atoms with Gasteiger partial charge in [0.2, 0.25) is 0 Å². The minimum absolute atomic E-state index is 0.675. The molecule has 0 unspecified atom stereocenters. The number of hydrogen-bond acceptors (Lipinski definition) is 6. The van der Waals surface area contributed by atoms with Crippen LogP contribution < -0.4 is 4.90 Å². The summed E-state index contributed by atoms with van der Waals surface area (Å²) < 4.78 is 7.69. The van der Waals surface area contributed by atoms with Crippen molar-refractivity contribution in [1.82, 2.24) is 29.7 Å². The molecule has 3 aromatic heterocycles.